The Labute approximate surface area is 158 Å². The lowest BCUT2D eigenvalue weighted by molar-refractivity contribution is -0.122. The van der Waals surface area contributed by atoms with Crippen molar-refractivity contribution >= 4 is 23.6 Å². The van der Waals surface area contributed by atoms with E-state index in [-0.39, 0.29) is 18.4 Å². The maximum Gasteiger partial charge on any atom is 0.408 e. The molecule has 0 unspecified atom stereocenters. The van der Waals surface area contributed by atoms with Crippen LogP contribution in [0.4, 0.5) is 10.5 Å². The first kappa shape index (κ1) is 20.0. The monoisotopic (exact) mass is 369 g/mol. The van der Waals surface area contributed by atoms with Gasteiger partial charge in [0.05, 0.1) is 0 Å². The SMILES string of the molecule is CC(=O)Nc1ccc(CNC(=O)[C@H](C)NC(=O)OCc2ccccc2)cc1. The Morgan fingerprint density at radius 2 is 1.63 bits per heavy atom. The summed E-state index contributed by atoms with van der Waals surface area (Å²) >= 11 is 0. The van der Waals surface area contributed by atoms with Crippen molar-refractivity contribution in [2.75, 3.05) is 5.32 Å². The minimum Gasteiger partial charge on any atom is -0.445 e. The van der Waals surface area contributed by atoms with Gasteiger partial charge in [0.25, 0.3) is 0 Å². The third-order valence-electron chi connectivity index (χ3n) is 3.68. The molecular weight excluding hydrogens is 346 g/mol. The molecule has 27 heavy (non-hydrogen) atoms. The van der Waals surface area contributed by atoms with Crippen molar-refractivity contribution < 1.29 is 19.1 Å². The summed E-state index contributed by atoms with van der Waals surface area (Å²) in [4.78, 5) is 34.9. The molecule has 0 bridgehead atoms. The highest BCUT2D eigenvalue weighted by atomic mass is 16.5. The molecule has 2 aromatic carbocycles. The van der Waals surface area contributed by atoms with Crippen molar-refractivity contribution in [1.82, 2.24) is 10.6 Å². The van der Waals surface area contributed by atoms with Crippen LogP contribution in [0.15, 0.2) is 54.6 Å². The van der Waals surface area contributed by atoms with Gasteiger partial charge in [0, 0.05) is 19.2 Å². The highest BCUT2D eigenvalue weighted by Crippen LogP contribution is 2.09. The molecule has 0 aromatic heterocycles. The van der Waals surface area contributed by atoms with E-state index in [0.29, 0.717) is 12.2 Å². The van der Waals surface area contributed by atoms with E-state index in [1.807, 2.05) is 30.3 Å². The second-order valence-corrected chi connectivity index (χ2v) is 6.02. The van der Waals surface area contributed by atoms with Crippen LogP contribution in [0.1, 0.15) is 25.0 Å². The van der Waals surface area contributed by atoms with Gasteiger partial charge in [-0.2, -0.15) is 0 Å². The van der Waals surface area contributed by atoms with Crippen molar-refractivity contribution in [3.05, 3.63) is 65.7 Å². The van der Waals surface area contributed by atoms with Crippen LogP contribution in [0.25, 0.3) is 0 Å². The number of ether oxygens (including phenoxy) is 1. The van der Waals surface area contributed by atoms with Crippen molar-refractivity contribution in [3.8, 4) is 0 Å². The zero-order valence-electron chi connectivity index (χ0n) is 15.3. The van der Waals surface area contributed by atoms with Crippen LogP contribution in [0, 0.1) is 0 Å². The second-order valence-electron chi connectivity index (χ2n) is 6.02. The van der Waals surface area contributed by atoms with Crippen LogP contribution in [0.2, 0.25) is 0 Å². The molecule has 3 amide bonds. The molecule has 0 spiro atoms. The molecule has 1 atom stereocenters. The highest BCUT2D eigenvalue weighted by molar-refractivity contribution is 5.88. The molecule has 7 nitrogen and oxygen atoms in total. The van der Waals surface area contributed by atoms with E-state index in [0.717, 1.165) is 11.1 Å². The molecule has 0 aliphatic rings. The van der Waals surface area contributed by atoms with Gasteiger partial charge >= 0.3 is 6.09 Å². The highest BCUT2D eigenvalue weighted by Gasteiger charge is 2.16. The van der Waals surface area contributed by atoms with E-state index in [2.05, 4.69) is 16.0 Å². The lowest BCUT2D eigenvalue weighted by Gasteiger charge is -2.14. The van der Waals surface area contributed by atoms with Crippen molar-refractivity contribution in [1.29, 1.82) is 0 Å². The molecule has 0 radical (unpaired) electrons. The van der Waals surface area contributed by atoms with Crippen LogP contribution >= 0.6 is 0 Å². The van der Waals surface area contributed by atoms with Gasteiger partial charge in [-0.05, 0) is 30.2 Å². The van der Waals surface area contributed by atoms with Gasteiger partial charge in [-0.3, -0.25) is 9.59 Å². The third-order valence-corrected chi connectivity index (χ3v) is 3.68. The van der Waals surface area contributed by atoms with Gasteiger partial charge in [-0.15, -0.1) is 0 Å². The molecule has 2 rings (SSSR count). The molecular formula is C20H23N3O4. The summed E-state index contributed by atoms with van der Waals surface area (Å²) in [7, 11) is 0. The quantitative estimate of drug-likeness (QED) is 0.699. The number of alkyl carbamates (subject to hydrolysis) is 1. The van der Waals surface area contributed by atoms with Crippen LogP contribution in [0.5, 0.6) is 0 Å². The average Bonchev–Trinajstić information content (AvgIpc) is 2.66. The molecule has 2 aromatic rings. The summed E-state index contributed by atoms with van der Waals surface area (Å²) in [6, 6.07) is 15.7. The minimum atomic E-state index is -0.730. The molecule has 0 fully saturated rings. The summed E-state index contributed by atoms with van der Waals surface area (Å²) in [6.45, 7) is 3.47. The van der Waals surface area contributed by atoms with Gasteiger partial charge in [-0.25, -0.2) is 4.79 Å². The van der Waals surface area contributed by atoms with Crippen LogP contribution in [0.3, 0.4) is 0 Å². The number of hydrogen-bond acceptors (Lipinski definition) is 4. The summed E-state index contributed by atoms with van der Waals surface area (Å²) in [6.07, 6.45) is -0.652. The van der Waals surface area contributed by atoms with Crippen LogP contribution in [-0.2, 0) is 27.5 Å². The van der Waals surface area contributed by atoms with E-state index in [4.69, 9.17) is 4.74 Å². The summed E-state index contributed by atoms with van der Waals surface area (Å²) < 4.78 is 5.09. The zero-order valence-corrected chi connectivity index (χ0v) is 15.3. The predicted molar refractivity (Wildman–Crippen MR) is 102 cm³/mol. The average molecular weight is 369 g/mol. The Balaban J connectivity index is 1.73. The fraction of sp³-hybridized carbons (Fsp3) is 0.250. The first-order valence-corrected chi connectivity index (χ1v) is 8.55. The van der Waals surface area contributed by atoms with E-state index in [1.165, 1.54) is 6.92 Å². The number of rotatable bonds is 7. The van der Waals surface area contributed by atoms with Gasteiger partial charge in [0.15, 0.2) is 0 Å². The van der Waals surface area contributed by atoms with Gasteiger partial charge in [0.2, 0.25) is 11.8 Å². The zero-order chi connectivity index (χ0) is 19.6. The van der Waals surface area contributed by atoms with Gasteiger partial charge in [0.1, 0.15) is 12.6 Å². The molecule has 0 heterocycles. The molecule has 0 saturated carbocycles. The predicted octanol–water partition coefficient (Wildman–Crippen LogP) is 2.58. The number of nitrogens with one attached hydrogen (secondary N) is 3. The Hall–Kier alpha value is -3.35. The molecule has 142 valence electrons. The van der Waals surface area contributed by atoms with E-state index in [1.54, 1.807) is 31.2 Å². The van der Waals surface area contributed by atoms with Crippen LogP contribution < -0.4 is 16.0 Å². The number of carbonyl (C=O) groups is 3. The fourth-order valence-electron chi connectivity index (χ4n) is 2.26. The number of amides is 3. The smallest absolute Gasteiger partial charge is 0.408 e. The summed E-state index contributed by atoms with van der Waals surface area (Å²) in [5, 5.41) is 7.91. The fourth-order valence-corrected chi connectivity index (χ4v) is 2.26. The van der Waals surface area contributed by atoms with Crippen LogP contribution in [-0.4, -0.2) is 23.9 Å². The maximum absolute atomic E-state index is 12.1. The molecule has 0 aliphatic heterocycles. The van der Waals surface area contributed by atoms with Gasteiger partial charge < -0.3 is 20.7 Å². The van der Waals surface area contributed by atoms with E-state index >= 15 is 0 Å². The van der Waals surface area contributed by atoms with E-state index < -0.39 is 12.1 Å². The van der Waals surface area contributed by atoms with Gasteiger partial charge in [-0.1, -0.05) is 42.5 Å². The standard InChI is InChI=1S/C20H23N3O4/c1-14(22-20(26)27-13-17-6-4-3-5-7-17)19(25)21-12-16-8-10-18(11-9-16)23-15(2)24/h3-11,14H,12-13H2,1-2H3,(H,21,25)(H,22,26)(H,23,24)/t14-/m0/s1. The second kappa shape index (κ2) is 9.96. The molecule has 7 heteroatoms. The Morgan fingerprint density at radius 1 is 0.963 bits per heavy atom. The van der Waals surface area contributed by atoms with Crippen molar-refractivity contribution in [2.45, 2.75) is 33.0 Å². The normalized spacial score (nSPS) is 11.2. The Bertz CT molecular complexity index is 776. The topological polar surface area (TPSA) is 96.5 Å². The maximum atomic E-state index is 12.1. The third kappa shape index (κ3) is 7.19. The first-order chi connectivity index (χ1) is 12.9. The lowest BCUT2D eigenvalue weighted by Crippen LogP contribution is -2.44. The minimum absolute atomic E-state index is 0.141. The summed E-state index contributed by atoms with van der Waals surface area (Å²) in [5.74, 6) is -0.465. The first-order valence-electron chi connectivity index (χ1n) is 8.55. The summed E-state index contributed by atoms with van der Waals surface area (Å²) in [5.41, 5.74) is 2.43. The molecule has 0 aliphatic carbocycles. The molecule has 0 saturated heterocycles. The Kier molecular flexibility index (Phi) is 7.37. The lowest BCUT2D eigenvalue weighted by atomic mass is 10.2. The molecule has 3 N–H and O–H groups in total. The number of hydrogen-bond donors (Lipinski definition) is 3. The largest absolute Gasteiger partial charge is 0.445 e. The van der Waals surface area contributed by atoms with E-state index in [9.17, 15) is 14.4 Å². The number of carbonyl (C=O) groups excluding carboxylic acids is 3. The number of benzene rings is 2. The van der Waals surface area contributed by atoms with Crippen molar-refractivity contribution in [2.24, 2.45) is 0 Å². The van der Waals surface area contributed by atoms with Crippen molar-refractivity contribution in [3.63, 3.8) is 0 Å². The Morgan fingerprint density at radius 3 is 2.26 bits per heavy atom. The number of anilines is 1.